The summed E-state index contributed by atoms with van der Waals surface area (Å²) < 4.78 is 1.26. The molecule has 0 bridgehead atoms. The predicted molar refractivity (Wildman–Crippen MR) is 97.2 cm³/mol. The van der Waals surface area contributed by atoms with Gasteiger partial charge in [0.25, 0.3) is 11.2 Å². The summed E-state index contributed by atoms with van der Waals surface area (Å²) in [5.41, 5.74) is 1.66. The number of rotatable bonds is 4. The Morgan fingerprint density at radius 2 is 1.92 bits per heavy atom. The molecule has 0 aliphatic rings. The fourth-order valence-corrected chi connectivity index (χ4v) is 2.64. The Bertz CT molecular complexity index is 1060. The number of aryl methyl sites for hydroxylation is 1. The van der Waals surface area contributed by atoms with Crippen molar-refractivity contribution in [1.29, 1.82) is 0 Å². The highest BCUT2D eigenvalue weighted by Gasteiger charge is 2.15. The second kappa shape index (κ2) is 6.75. The molecule has 3 aromatic rings. The van der Waals surface area contributed by atoms with E-state index in [4.69, 9.17) is 0 Å². The molecule has 0 saturated heterocycles. The van der Waals surface area contributed by atoms with Crippen LogP contribution in [0.4, 0.5) is 11.4 Å². The number of fused-ring (bicyclic) bond motifs is 1. The molecule has 0 N–H and O–H groups in total. The number of carbonyl (C=O) groups excluding carboxylic acids is 1. The SMILES string of the molecule is Cc1cccc2c(=O)n(CC(=O)N(C)c3ccc([N+](=O)[O-])cc3)cnc12. The number of carbonyl (C=O) groups is 1. The van der Waals surface area contributed by atoms with Crippen LogP contribution >= 0.6 is 0 Å². The first kappa shape index (κ1) is 17.3. The lowest BCUT2D eigenvalue weighted by molar-refractivity contribution is -0.384. The van der Waals surface area contributed by atoms with Gasteiger partial charge in [0, 0.05) is 24.9 Å². The van der Waals surface area contributed by atoms with Gasteiger partial charge < -0.3 is 4.90 Å². The standard InChI is InChI=1S/C18H16N4O4/c1-12-4-3-5-15-17(12)19-11-21(18(15)24)10-16(23)20(2)13-6-8-14(9-7-13)22(25)26/h3-9,11H,10H2,1-2H3. The maximum atomic E-state index is 12.6. The third-order valence-corrected chi connectivity index (χ3v) is 4.18. The van der Waals surface area contributed by atoms with Crippen LogP contribution < -0.4 is 10.5 Å². The van der Waals surface area contributed by atoms with E-state index in [1.165, 1.54) is 40.1 Å². The highest BCUT2D eigenvalue weighted by atomic mass is 16.6. The van der Waals surface area contributed by atoms with Crippen LogP contribution in [0.2, 0.25) is 0 Å². The maximum absolute atomic E-state index is 12.6. The van der Waals surface area contributed by atoms with E-state index in [1.54, 1.807) is 19.2 Å². The van der Waals surface area contributed by atoms with Crippen molar-refractivity contribution in [2.24, 2.45) is 0 Å². The van der Waals surface area contributed by atoms with Crippen LogP contribution in [0.25, 0.3) is 10.9 Å². The molecule has 0 radical (unpaired) electrons. The van der Waals surface area contributed by atoms with Crippen LogP contribution in [0.1, 0.15) is 5.56 Å². The normalized spacial score (nSPS) is 10.7. The summed E-state index contributed by atoms with van der Waals surface area (Å²) in [5, 5.41) is 11.2. The summed E-state index contributed by atoms with van der Waals surface area (Å²) in [6.45, 7) is 1.69. The Hall–Kier alpha value is -3.55. The number of amides is 1. The minimum Gasteiger partial charge on any atom is -0.314 e. The average molecular weight is 352 g/mol. The van der Waals surface area contributed by atoms with Crippen LogP contribution in [0.3, 0.4) is 0 Å². The van der Waals surface area contributed by atoms with Crippen molar-refractivity contribution in [3.63, 3.8) is 0 Å². The Balaban J connectivity index is 1.85. The van der Waals surface area contributed by atoms with Gasteiger partial charge in [0.1, 0.15) is 6.54 Å². The van der Waals surface area contributed by atoms with E-state index in [0.29, 0.717) is 16.6 Å². The first-order valence-electron chi connectivity index (χ1n) is 7.84. The van der Waals surface area contributed by atoms with Gasteiger partial charge in [-0.3, -0.25) is 24.3 Å². The van der Waals surface area contributed by atoms with Gasteiger partial charge in [0.15, 0.2) is 0 Å². The zero-order valence-corrected chi connectivity index (χ0v) is 14.2. The third-order valence-electron chi connectivity index (χ3n) is 4.18. The van der Waals surface area contributed by atoms with Crippen molar-refractivity contribution in [3.05, 3.63) is 74.8 Å². The van der Waals surface area contributed by atoms with E-state index in [1.807, 2.05) is 13.0 Å². The van der Waals surface area contributed by atoms with Crippen LogP contribution in [0.5, 0.6) is 0 Å². The zero-order valence-electron chi connectivity index (χ0n) is 14.2. The molecule has 0 saturated carbocycles. The largest absolute Gasteiger partial charge is 0.314 e. The molecular weight excluding hydrogens is 336 g/mol. The number of nitrogens with zero attached hydrogens (tertiary/aromatic N) is 4. The quantitative estimate of drug-likeness (QED) is 0.530. The molecule has 0 spiro atoms. The summed E-state index contributed by atoms with van der Waals surface area (Å²) in [4.78, 5) is 40.9. The Kier molecular flexibility index (Phi) is 4.49. The molecule has 3 rings (SSSR count). The van der Waals surface area contributed by atoms with Crippen LogP contribution in [-0.2, 0) is 11.3 Å². The number of nitro groups is 1. The van der Waals surface area contributed by atoms with Crippen LogP contribution in [0, 0.1) is 17.0 Å². The van der Waals surface area contributed by atoms with Crippen LogP contribution in [0.15, 0.2) is 53.6 Å². The van der Waals surface area contributed by atoms with Crippen molar-refractivity contribution in [2.75, 3.05) is 11.9 Å². The molecule has 132 valence electrons. The topological polar surface area (TPSA) is 98.3 Å². The number of anilines is 1. The lowest BCUT2D eigenvalue weighted by atomic mass is 10.1. The molecule has 0 atom stereocenters. The Morgan fingerprint density at radius 1 is 1.23 bits per heavy atom. The highest BCUT2D eigenvalue weighted by molar-refractivity contribution is 5.93. The zero-order chi connectivity index (χ0) is 18.8. The van der Waals surface area contributed by atoms with E-state index in [2.05, 4.69) is 4.98 Å². The van der Waals surface area contributed by atoms with Crippen molar-refractivity contribution < 1.29 is 9.72 Å². The molecule has 8 nitrogen and oxygen atoms in total. The van der Waals surface area contributed by atoms with Crippen molar-refractivity contribution in [1.82, 2.24) is 9.55 Å². The molecule has 2 aromatic carbocycles. The summed E-state index contributed by atoms with van der Waals surface area (Å²) in [5.74, 6) is -0.338. The number of likely N-dealkylation sites (N-methyl/N-ethyl adjacent to an activating group) is 1. The fourth-order valence-electron chi connectivity index (χ4n) is 2.64. The van der Waals surface area contributed by atoms with E-state index >= 15 is 0 Å². The molecule has 0 aliphatic heterocycles. The smallest absolute Gasteiger partial charge is 0.269 e. The summed E-state index contributed by atoms with van der Waals surface area (Å²) in [7, 11) is 1.55. The minimum atomic E-state index is -0.506. The van der Waals surface area contributed by atoms with Gasteiger partial charge in [-0.05, 0) is 30.7 Å². The molecule has 0 aliphatic carbocycles. The predicted octanol–water partition coefficient (Wildman–Crippen LogP) is 2.28. The lowest BCUT2D eigenvalue weighted by Gasteiger charge is -2.18. The maximum Gasteiger partial charge on any atom is 0.269 e. The first-order valence-corrected chi connectivity index (χ1v) is 7.84. The molecule has 0 unspecified atom stereocenters. The molecule has 8 heteroatoms. The first-order chi connectivity index (χ1) is 12.4. The van der Waals surface area contributed by atoms with Crippen molar-refractivity contribution >= 4 is 28.2 Å². The molecular formula is C18H16N4O4. The lowest BCUT2D eigenvalue weighted by Crippen LogP contribution is -2.34. The number of benzene rings is 2. The molecule has 1 heterocycles. The van der Waals surface area contributed by atoms with E-state index < -0.39 is 4.92 Å². The second-order valence-electron chi connectivity index (χ2n) is 5.87. The number of nitro benzene ring substituents is 1. The summed E-state index contributed by atoms with van der Waals surface area (Å²) in [6.07, 6.45) is 1.36. The second-order valence-corrected chi connectivity index (χ2v) is 5.87. The highest BCUT2D eigenvalue weighted by Crippen LogP contribution is 2.18. The summed E-state index contributed by atoms with van der Waals surface area (Å²) >= 11 is 0. The van der Waals surface area contributed by atoms with Gasteiger partial charge >= 0.3 is 0 Å². The molecule has 26 heavy (non-hydrogen) atoms. The average Bonchev–Trinajstić information content (AvgIpc) is 2.64. The molecule has 1 aromatic heterocycles. The van der Waals surface area contributed by atoms with Crippen molar-refractivity contribution in [3.8, 4) is 0 Å². The van der Waals surface area contributed by atoms with Gasteiger partial charge in [-0.25, -0.2) is 4.98 Å². The number of hydrogen-bond donors (Lipinski definition) is 0. The number of para-hydroxylation sites is 1. The molecule has 1 amide bonds. The van der Waals surface area contributed by atoms with E-state index in [-0.39, 0.29) is 23.7 Å². The van der Waals surface area contributed by atoms with Gasteiger partial charge in [-0.15, -0.1) is 0 Å². The fraction of sp³-hybridized carbons (Fsp3) is 0.167. The van der Waals surface area contributed by atoms with Gasteiger partial charge in [0.2, 0.25) is 5.91 Å². The Morgan fingerprint density at radius 3 is 2.58 bits per heavy atom. The van der Waals surface area contributed by atoms with Gasteiger partial charge in [-0.2, -0.15) is 0 Å². The molecule has 0 fully saturated rings. The number of non-ortho nitro benzene ring substituents is 1. The monoisotopic (exact) mass is 352 g/mol. The summed E-state index contributed by atoms with van der Waals surface area (Å²) in [6, 6.07) is 10.9. The number of aromatic nitrogens is 2. The van der Waals surface area contributed by atoms with Crippen LogP contribution in [-0.4, -0.2) is 27.4 Å². The number of hydrogen-bond acceptors (Lipinski definition) is 5. The minimum absolute atomic E-state index is 0.0556. The third kappa shape index (κ3) is 3.16. The van der Waals surface area contributed by atoms with Gasteiger partial charge in [-0.1, -0.05) is 12.1 Å². The Labute approximate surface area is 148 Å². The van der Waals surface area contributed by atoms with Gasteiger partial charge in [0.05, 0.1) is 22.2 Å². The van der Waals surface area contributed by atoms with E-state index in [0.717, 1.165) is 5.56 Å². The van der Waals surface area contributed by atoms with E-state index in [9.17, 15) is 19.7 Å². The van der Waals surface area contributed by atoms with Crippen molar-refractivity contribution in [2.45, 2.75) is 13.5 Å².